The van der Waals surface area contributed by atoms with Gasteiger partial charge in [-0.05, 0) is 50.2 Å². The highest BCUT2D eigenvalue weighted by Gasteiger charge is 2.26. The molecule has 0 saturated heterocycles. The second-order valence-corrected chi connectivity index (χ2v) is 10.4. The minimum absolute atomic E-state index is 0.124. The van der Waals surface area contributed by atoms with Gasteiger partial charge in [0.2, 0.25) is 5.91 Å². The minimum Gasteiger partial charge on any atom is -0.348 e. The number of benzene rings is 1. The molecular weight excluding hydrogens is 466 g/mol. The van der Waals surface area contributed by atoms with Crippen molar-refractivity contribution in [1.82, 2.24) is 20.1 Å². The first-order valence-electron chi connectivity index (χ1n) is 11.9. The monoisotopic (exact) mass is 497 g/mol. The SMILES string of the molecule is CCCc1nnc(SCC(=O)Nc2sc3c(c2C(=O)NCc2ccccc2)CCCC3)n1CC. The van der Waals surface area contributed by atoms with E-state index >= 15 is 0 Å². The molecule has 2 amide bonds. The van der Waals surface area contributed by atoms with Crippen LogP contribution < -0.4 is 10.6 Å². The predicted octanol–water partition coefficient (Wildman–Crippen LogP) is 4.85. The van der Waals surface area contributed by atoms with E-state index in [4.69, 9.17) is 0 Å². The zero-order valence-corrected chi connectivity index (χ0v) is 21.4. The number of nitrogens with zero attached hydrogens (tertiary/aromatic N) is 3. The first-order valence-corrected chi connectivity index (χ1v) is 13.7. The van der Waals surface area contributed by atoms with Gasteiger partial charge in [-0.25, -0.2) is 0 Å². The van der Waals surface area contributed by atoms with E-state index in [1.807, 2.05) is 30.3 Å². The Hall–Kier alpha value is -2.65. The van der Waals surface area contributed by atoms with E-state index in [2.05, 4.69) is 39.2 Å². The van der Waals surface area contributed by atoms with Gasteiger partial charge in [-0.15, -0.1) is 21.5 Å². The van der Waals surface area contributed by atoms with Crippen molar-refractivity contribution in [2.24, 2.45) is 0 Å². The van der Waals surface area contributed by atoms with Crippen LogP contribution in [-0.2, 0) is 37.1 Å². The van der Waals surface area contributed by atoms with E-state index in [0.29, 0.717) is 17.1 Å². The molecule has 0 fully saturated rings. The van der Waals surface area contributed by atoms with Crippen LogP contribution in [0.4, 0.5) is 5.00 Å². The number of thiophene rings is 1. The maximum atomic E-state index is 13.2. The van der Waals surface area contributed by atoms with Crippen LogP contribution in [0, 0.1) is 0 Å². The lowest BCUT2D eigenvalue weighted by atomic mass is 9.95. The maximum Gasteiger partial charge on any atom is 0.254 e. The number of aromatic nitrogens is 3. The van der Waals surface area contributed by atoms with Crippen LogP contribution in [0.2, 0.25) is 0 Å². The molecule has 0 bridgehead atoms. The highest BCUT2D eigenvalue weighted by Crippen LogP contribution is 2.38. The van der Waals surface area contributed by atoms with Gasteiger partial charge in [-0.3, -0.25) is 9.59 Å². The Labute approximate surface area is 208 Å². The number of rotatable bonds is 10. The zero-order valence-electron chi connectivity index (χ0n) is 19.7. The predicted molar refractivity (Wildman–Crippen MR) is 138 cm³/mol. The summed E-state index contributed by atoms with van der Waals surface area (Å²) in [7, 11) is 0. The summed E-state index contributed by atoms with van der Waals surface area (Å²) in [5.74, 6) is 0.915. The fourth-order valence-corrected chi connectivity index (χ4v) is 6.33. The van der Waals surface area contributed by atoms with Crippen molar-refractivity contribution in [2.45, 2.75) is 70.6 Å². The van der Waals surface area contributed by atoms with Crippen LogP contribution in [0.3, 0.4) is 0 Å². The molecule has 2 aromatic heterocycles. The van der Waals surface area contributed by atoms with E-state index in [-0.39, 0.29) is 17.6 Å². The lowest BCUT2D eigenvalue weighted by molar-refractivity contribution is -0.113. The standard InChI is InChI=1S/C25H31N5O2S2/c1-3-10-20-28-29-25(30(20)4-2)33-16-21(31)27-24-22(18-13-8-9-14-19(18)34-24)23(32)26-15-17-11-6-5-7-12-17/h5-7,11-12H,3-4,8-10,13-16H2,1-2H3,(H,26,32)(H,27,31). The van der Waals surface area contributed by atoms with E-state index in [1.165, 1.54) is 16.6 Å². The first kappa shape index (κ1) is 24.5. The van der Waals surface area contributed by atoms with Gasteiger partial charge >= 0.3 is 0 Å². The average molecular weight is 498 g/mol. The maximum absolute atomic E-state index is 13.2. The molecular formula is C25H31N5O2S2. The van der Waals surface area contributed by atoms with Crippen LogP contribution in [-0.4, -0.2) is 32.3 Å². The molecule has 3 aromatic rings. The fourth-order valence-electron chi connectivity index (χ4n) is 4.21. The molecule has 4 rings (SSSR count). The number of fused-ring (bicyclic) bond motifs is 1. The minimum atomic E-state index is -0.136. The van der Waals surface area contributed by atoms with Gasteiger partial charge < -0.3 is 15.2 Å². The Balaban J connectivity index is 1.45. The quantitative estimate of drug-likeness (QED) is 0.391. The largest absolute Gasteiger partial charge is 0.348 e. The van der Waals surface area contributed by atoms with E-state index in [0.717, 1.165) is 67.2 Å². The Morgan fingerprint density at radius 1 is 1.12 bits per heavy atom. The van der Waals surface area contributed by atoms with Crippen LogP contribution in [0.5, 0.6) is 0 Å². The molecule has 34 heavy (non-hydrogen) atoms. The molecule has 0 atom stereocenters. The average Bonchev–Trinajstić information content (AvgIpc) is 3.42. The van der Waals surface area contributed by atoms with Crippen molar-refractivity contribution >= 4 is 39.9 Å². The molecule has 0 unspecified atom stereocenters. The second kappa shape index (κ2) is 11.7. The molecule has 0 saturated carbocycles. The molecule has 0 spiro atoms. The number of anilines is 1. The van der Waals surface area contributed by atoms with Gasteiger partial charge in [-0.2, -0.15) is 0 Å². The number of nitrogens with one attached hydrogen (secondary N) is 2. The molecule has 1 aliphatic carbocycles. The Morgan fingerprint density at radius 3 is 2.68 bits per heavy atom. The number of carbonyl (C=O) groups excluding carboxylic acids is 2. The summed E-state index contributed by atoms with van der Waals surface area (Å²) < 4.78 is 2.06. The topological polar surface area (TPSA) is 88.9 Å². The fraction of sp³-hybridized carbons (Fsp3) is 0.440. The zero-order chi connectivity index (χ0) is 23.9. The second-order valence-electron chi connectivity index (χ2n) is 8.31. The number of thioether (sulfide) groups is 1. The van der Waals surface area contributed by atoms with Crippen molar-refractivity contribution < 1.29 is 9.59 Å². The highest BCUT2D eigenvalue weighted by atomic mass is 32.2. The third-order valence-electron chi connectivity index (χ3n) is 5.86. The van der Waals surface area contributed by atoms with Crippen molar-refractivity contribution in [2.75, 3.05) is 11.1 Å². The molecule has 2 heterocycles. The van der Waals surface area contributed by atoms with Crippen LogP contribution >= 0.6 is 23.1 Å². The summed E-state index contributed by atoms with van der Waals surface area (Å²) in [6.45, 7) is 5.41. The van der Waals surface area contributed by atoms with E-state index in [9.17, 15) is 9.59 Å². The third kappa shape index (κ3) is 5.70. The highest BCUT2D eigenvalue weighted by molar-refractivity contribution is 7.99. The Bertz CT molecular complexity index is 1140. The molecule has 7 nitrogen and oxygen atoms in total. The molecule has 2 N–H and O–H groups in total. The number of carbonyl (C=O) groups is 2. The van der Waals surface area contributed by atoms with E-state index < -0.39 is 0 Å². The Kier molecular flexibility index (Phi) is 8.39. The number of hydrogen-bond acceptors (Lipinski definition) is 6. The van der Waals surface area contributed by atoms with Gasteiger partial charge in [-0.1, -0.05) is 49.0 Å². The summed E-state index contributed by atoms with van der Waals surface area (Å²) in [6, 6.07) is 9.86. The number of amides is 2. The van der Waals surface area contributed by atoms with E-state index in [1.54, 1.807) is 11.3 Å². The van der Waals surface area contributed by atoms with Crippen molar-refractivity contribution in [3.05, 3.63) is 57.7 Å². The summed E-state index contributed by atoms with van der Waals surface area (Å²) in [4.78, 5) is 27.3. The lowest BCUT2D eigenvalue weighted by Crippen LogP contribution is -2.25. The normalized spacial score (nSPS) is 12.9. The van der Waals surface area contributed by atoms with Crippen molar-refractivity contribution in [3.63, 3.8) is 0 Å². The molecule has 0 radical (unpaired) electrons. The summed E-state index contributed by atoms with van der Waals surface area (Å²) in [6.07, 6.45) is 5.90. The molecule has 180 valence electrons. The van der Waals surface area contributed by atoms with Gasteiger partial charge in [0.15, 0.2) is 5.16 Å². The lowest BCUT2D eigenvalue weighted by Gasteiger charge is -2.13. The molecule has 1 aliphatic rings. The van der Waals surface area contributed by atoms with Crippen molar-refractivity contribution in [1.29, 1.82) is 0 Å². The molecule has 1 aromatic carbocycles. The molecule has 0 aliphatic heterocycles. The van der Waals surface area contributed by atoms with Crippen LogP contribution in [0.15, 0.2) is 35.5 Å². The van der Waals surface area contributed by atoms with Crippen LogP contribution in [0.1, 0.15) is 65.3 Å². The van der Waals surface area contributed by atoms with Gasteiger partial charge in [0, 0.05) is 24.4 Å². The number of hydrogen-bond donors (Lipinski definition) is 2. The summed E-state index contributed by atoms with van der Waals surface area (Å²) in [5.41, 5.74) is 2.78. The van der Waals surface area contributed by atoms with Gasteiger partial charge in [0.1, 0.15) is 10.8 Å². The summed E-state index contributed by atoms with van der Waals surface area (Å²) in [5, 5.41) is 16.0. The van der Waals surface area contributed by atoms with Crippen molar-refractivity contribution in [3.8, 4) is 0 Å². The third-order valence-corrected chi connectivity index (χ3v) is 8.04. The number of aryl methyl sites for hydroxylation is 2. The van der Waals surface area contributed by atoms with Crippen LogP contribution in [0.25, 0.3) is 0 Å². The Morgan fingerprint density at radius 2 is 1.91 bits per heavy atom. The smallest absolute Gasteiger partial charge is 0.254 e. The first-order chi connectivity index (χ1) is 16.6. The van der Waals surface area contributed by atoms with Gasteiger partial charge in [0.25, 0.3) is 5.91 Å². The molecule has 9 heteroatoms. The summed E-state index contributed by atoms with van der Waals surface area (Å²) >= 11 is 2.93. The van der Waals surface area contributed by atoms with Gasteiger partial charge in [0.05, 0.1) is 11.3 Å².